The number of esters is 1. The number of carbonyl (C=O) groups excluding carboxylic acids is 2. The molecule has 1 aliphatic heterocycles. The maximum absolute atomic E-state index is 12.6. The van der Waals surface area contributed by atoms with Gasteiger partial charge in [-0.05, 0) is 81.1 Å². The number of amidine groups is 1. The Kier molecular flexibility index (Phi) is 8.33. The van der Waals surface area contributed by atoms with Gasteiger partial charge in [-0.15, -0.1) is 0 Å². The standard InChI is InChI=1S/C24H31N5O3/c1-2-32-24(31)22(19-4-3-13-27-16-19)29-14-11-17(12-15-29)5-10-21(30)28-20-8-6-18(7-9-20)23(25)26/h3-4,6-9,13,16-17,22H,2,5,10-12,14-15H2,1H3,(H3,25,26)(H,28,30). The summed E-state index contributed by atoms with van der Waals surface area (Å²) in [5, 5.41) is 10.3. The van der Waals surface area contributed by atoms with Crippen molar-refractivity contribution in [3.8, 4) is 0 Å². The Morgan fingerprint density at radius 2 is 1.97 bits per heavy atom. The third kappa shape index (κ3) is 6.37. The van der Waals surface area contributed by atoms with Gasteiger partial charge in [0.1, 0.15) is 11.9 Å². The molecule has 0 bridgehead atoms. The van der Waals surface area contributed by atoms with Crippen molar-refractivity contribution in [3.05, 3.63) is 59.9 Å². The summed E-state index contributed by atoms with van der Waals surface area (Å²) in [5.41, 5.74) is 7.62. The van der Waals surface area contributed by atoms with Crippen LogP contribution in [0.5, 0.6) is 0 Å². The molecule has 1 aromatic carbocycles. The molecule has 0 spiro atoms. The van der Waals surface area contributed by atoms with Gasteiger partial charge in [0, 0.05) is 30.1 Å². The third-order valence-electron chi connectivity index (χ3n) is 5.78. The van der Waals surface area contributed by atoms with Crippen LogP contribution in [-0.4, -0.2) is 47.3 Å². The summed E-state index contributed by atoms with van der Waals surface area (Å²) in [6.07, 6.45) is 6.53. The van der Waals surface area contributed by atoms with Gasteiger partial charge in [-0.25, -0.2) is 4.79 Å². The highest BCUT2D eigenvalue weighted by Gasteiger charge is 2.32. The van der Waals surface area contributed by atoms with Crippen molar-refractivity contribution in [1.29, 1.82) is 5.41 Å². The lowest BCUT2D eigenvalue weighted by molar-refractivity contribution is -0.150. The molecule has 0 saturated carbocycles. The lowest BCUT2D eigenvalue weighted by atomic mass is 9.90. The Morgan fingerprint density at radius 1 is 1.25 bits per heavy atom. The van der Waals surface area contributed by atoms with E-state index in [-0.39, 0.29) is 17.7 Å². The zero-order chi connectivity index (χ0) is 22.9. The number of hydrogen-bond donors (Lipinski definition) is 3. The van der Waals surface area contributed by atoms with Gasteiger partial charge in [0.2, 0.25) is 5.91 Å². The van der Waals surface area contributed by atoms with E-state index in [1.807, 2.05) is 19.1 Å². The molecule has 2 aromatic rings. The first-order valence-corrected chi connectivity index (χ1v) is 11.0. The average molecular weight is 438 g/mol. The van der Waals surface area contributed by atoms with Gasteiger partial charge in [-0.3, -0.25) is 20.1 Å². The van der Waals surface area contributed by atoms with Crippen molar-refractivity contribution in [2.24, 2.45) is 11.7 Å². The fourth-order valence-corrected chi connectivity index (χ4v) is 4.05. The third-order valence-corrected chi connectivity index (χ3v) is 5.78. The van der Waals surface area contributed by atoms with E-state index in [1.165, 1.54) is 0 Å². The van der Waals surface area contributed by atoms with Gasteiger partial charge >= 0.3 is 5.97 Å². The molecule has 8 heteroatoms. The van der Waals surface area contributed by atoms with Crippen LogP contribution in [0.2, 0.25) is 0 Å². The molecule has 1 atom stereocenters. The highest BCUT2D eigenvalue weighted by Crippen LogP contribution is 2.29. The molecule has 1 unspecified atom stereocenters. The van der Waals surface area contributed by atoms with Gasteiger partial charge in [-0.2, -0.15) is 0 Å². The zero-order valence-corrected chi connectivity index (χ0v) is 18.4. The molecule has 4 N–H and O–H groups in total. The van der Waals surface area contributed by atoms with E-state index in [1.54, 1.807) is 36.7 Å². The van der Waals surface area contributed by atoms with Crippen molar-refractivity contribution in [1.82, 2.24) is 9.88 Å². The van der Waals surface area contributed by atoms with Crippen LogP contribution in [-0.2, 0) is 14.3 Å². The summed E-state index contributed by atoms with van der Waals surface area (Å²) in [6, 6.07) is 10.2. The number of benzene rings is 1. The SMILES string of the molecule is CCOC(=O)C(c1cccnc1)N1CCC(CCC(=O)Nc2ccc(C(=N)N)cc2)CC1. The Hall–Kier alpha value is -3.26. The highest BCUT2D eigenvalue weighted by molar-refractivity contribution is 5.96. The Morgan fingerprint density at radius 3 is 2.56 bits per heavy atom. The second kappa shape index (κ2) is 11.4. The second-order valence-electron chi connectivity index (χ2n) is 8.00. The quantitative estimate of drug-likeness (QED) is 0.315. The van der Waals surface area contributed by atoms with Crippen molar-refractivity contribution >= 4 is 23.4 Å². The van der Waals surface area contributed by atoms with Gasteiger partial charge < -0.3 is 15.8 Å². The van der Waals surface area contributed by atoms with E-state index >= 15 is 0 Å². The number of ether oxygens (including phenoxy) is 1. The first-order chi connectivity index (χ1) is 15.5. The smallest absolute Gasteiger partial charge is 0.328 e. The van der Waals surface area contributed by atoms with Crippen LogP contribution in [0.4, 0.5) is 5.69 Å². The molecule has 0 aliphatic carbocycles. The fraction of sp³-hybridized carbons (Fsp3) is 0.417. The number of pyridine rings is 1. The number of hydrogen-bond acceptors (Lipinski definition) is 6. The summed E-state index contributed by atoms with van der Waals surface area (Å²) in [4.78, 5) is 31.3. The maximum atomic E-state index is 12.6. The van der Waals surface area contributed by atoms with Crippen LogP contribution >= 0.6 is 0 Å². The van der Waals surface area contributed by atoms with Crippen LogP contribution in [0.15, 0.2) is 48.8 Å². The molecular formula is C24H31N5O3. The van der Waals surface area contributed by atoms with Crippen molar-refractivity contribution in [2.45, 2.75) is 38.6 Å². The van der Waals surface area contributed by atoms with Gasteiger partial charge in [-0.1, -0.05) is 6.07 Å². The lowest BCUT2D eigenvalue weighted by Crippen LogP contribution is -2.41. The van der Waals surface area contributed by atoms with Gasteiger partial charge in [0.25, 0.3) is 0 Å². The van der Waals surface area contributed by atoms with E-state index in [4.69, 9.17) is 15.9 Å². The monoisotopic (exact) mass is 437 g/mol. The Balaban J connectivity index is 1.48. The van der Waals surface area contributed by atoms with Crippen LogP contribution in [0.25, 0.3) is 0 Å². The van der Waals surface area contributed by atoms with Crippen molar-refractivity contribution in [2.75, 3.05) is 25.0 Å². The minimum absolute atomic E-state index is 0.00272. The number of anilines is 1. The fourth-order valence-electron chi connectivity index (χ4n) is 4.05. The number of amides is 1. The normalized spacial score (nSPS) is 15.7. The largest absolute Gasteiger partial charge is 0.465 e. The summed E-state index contributed by atoms with van der Waals surface area (Å²) >= 11 is 0. The highest BCUT2D eigenvalue weighted by atomic mass is 16.5. The molecule has 170 valence electrons. The van der Waals surface area contributed by atoms with Crippen LogP contribution in [0, 0.1) is 11.3 Å². The predicted molar refractivity (Wildman–Crippen MR) is 123 cm³/mol. The molecule has 1 aromatic heterocycles. The number of nitrogens with two attached hydrogens (primary N) is 1. The number of nitrogen functional groups attached to an aromatic ring is 1. The van der Waals surface area contributed by atoms with E-state index in [0.29, 0.717) is 30.2 Å². The maximum Gasteiger partial charge on any atom is 0.328 e. The van der Waals surface area contributed by atoms with Gasteiger partial charge in [0.15, 0.2) is 0 Å². The number of piperidine rings is 1. The van der Waals surface area contributed by atoms with Crippen LogP contribution in [0.3, 0.4) is 0 Å². The first kappa shape index (κ1) is 23.4. The van der Waals surface area contributed by atoms with Crippen molar-refractivity contribution in [3.63, 3.8) is 0 Å². The molecular weight excluding hydrogens is 406 g/mol. The topological polar surface area (TPSA) is 121 Å². The second-order valence-corrected chi connectivity index (χ2v) is 8.00. The van der Waals surface area contributed by atoms with E-state index < -0.39 is 6.04 Å². The molecule has 32 heavy (non-hydrogen) atoms. The van der Waals surface area contributed by atoms with Crippen LogP contribution in [0.1, 0.15) is 49.8 Å². The molecule has 1 saturated heterocycles. The van der Waals surface area contributed by atoms with Gasteiger partial charge in [0.05, 0.1) is 6.61 Å². The Bertz CT molecular complexity index is 909. The Labute approximate surface area is 188 Å². The number of rotatable bonds is 9. The molecule has 0 radical (unpaired) electrons. The number of aromatic nitrogens is 1. The minimum Gasteiger partial charge on any atom is -0.465 e. The summed E-state index contributed by atoms with van der Waals surface area (Å²) in [7, 11) is 0. The van der Waals surface area contributed by atoms with Crippen LogP contribution < -0.4 is 11.1 Å². The molecule has 2 heterocycles. The lowest BCUT2D eigenvalue weighted by Gasteiger charge is -2.36. The zero-order valence-electron chi connectivity index (χ0n) is 18.4. The van der Waals surface area contributed by atoms with Crippen molar-refractivity contribution < 1.29 is 14.3 Å². The number of carbonyl (C=O) groups is 2. The first-order valence-electron chi connectivity index (χ1n) is 11.0. The molecule has 3 rings (SSSR count). The molecule has 1 fully saturated rings. The minimum atomic E-state index is -0.439. The number of nitrogens with zero attached hydrogens (tertiary/aromatic N) is 2. The molecule has 1 amide bonds. The average Bonchev–Trinajstić information content (AvgIpc) is 2.80. The van der Waals surface area contributed by atoms with E-state index in [0.717, 1.165) is 37.9 Å². The molecule has 1 aliphatic rings. The molecule has 8 nitrogen and oxygen atoms in total. The van der Waals surface area contributed by atoms with E-state index in [2.05, 4.69) is 15.2 Å². The number of likely N-dealkylation sites (tertiary alicyclic amines) is 1. The summed E-state index contributed by atoms with van der Waals surface area (Å²) < 4.78 is 5.31. The van der Waals surface area contributed by atoms with E-state index in [9.17, 15) is 9.59 Å². The number of nitrogens with one attached hydrogen (secondary N) is 2. The summed E-state index contributed by atoms with van der Waals surface area (Å²) in [6.45, 7) is 3.71. The predicted octanol–water partition coefficient (Wildman–Crippen LogP) is 3.10. The summed E-state index contributed by atoms with van der Waals surface area (Å²) in [5.74, 6) is 0.175.